The van der Waals surface area contributed by atoms with Crippen molar-refractivity contribution in [1.29, 1.82) is 0 Å². The number of para-hydroxylation sites is 1. The molecule has 0 unspecified atom stereocenters. The molecule has 4 aromatic rings. The zero-order chi connectivity index (χ0) is 24.4. The van der Waals surface area contributed by atoms with Gasteiger partial charge in [0.15, 0.2) is 0 Å². The Morgan fingerprint density at radius 1 is 1.06 bits per heavy atom. The first-order chi connectivity index (χ1) is 16.9. The number of anilines is 1. The summed E-state index contributed by atoms with van der Waals surface area (Å²) in [6.45, 7) is 4.38. The Morgan fingerprint density at radius 3 is 2.74 bits per heavy atom. The largest absolute Gasteiger partial charge is 0.341 e. The maximum atomic E-state index is 12.9. The van der Waals surface area contributed by atoms with Crippen LogP contribution in [0.15, 0.2) is 59.5 Å². The molecule has 1 aliphatic rings. The van der Waals surface area contributed by atoms with Crippen LogP contribution in [0.3, 0.4) is 0 Å². The summed E-state index contributed by atoms with van der Waals surface area (Å²) >= 11 is 0. The summed E-state index contributed by atoms with van der Waals surface area (Å²) in [7, 11) is 0. The van der Waals surface area contributed by atoms with Crippen LogP contribution in [-0.4, -0.2) is 69.3 Å². The zero-order valence-electron chi connectivity index (χ0n) is 19.6. The fourth-order valence-corrected chi connectivity index (χ4v) is 4.90. The highest BCUT2D eigenvalue weighted by molar-refractivity contribution is 5.94. The third kappa shape index (κ3) is 5.25. The lowest BCUT2D eigenvalue weighted by molar-refractivity contribution is -0.129. The fraction of sp³-hybridized carbons (Fsp3) is 0.308. The molecule has 9 heteroatoms. The summed E-state index contributed by atoms with van der Waals surface area (Å²) < 4.78 is 0. The van der Waals surface area contributed by atoms with Gasteiger partial charge in [0.2, 0.25) is 11.8 Å². The van der Waals surface area contributed by atoms with E-state index in [1.807, 2.05) is 17.0 Å². The van der Waals surface area contributed by atoms with Gasteiger partial charge in [0, 0.05) is 50.4 Å². The molecule has 2 amide bonds. The highest BCUT2D eigenvalue weighted by atomic mass is 16.2. The molecule has 1 aliphatic heterocycles. The van der Waals surface area contributed by atoms with Crippen molar-refractivity contribution in [1.82, 2.24) is 24.8 Å². The minimum Gasteiger partial charge on any atom is -0.341 e. The predicted molar refractivity (Wildman–Crippen MR) is 135 cm³/mol. The van der Waals surface area contributed by atoms with Crippen molar-refractivity contribution in [3.63, 3.8) is 0 Å². The van der Waals surface area contributed by atoms with Gasteiger partial charge in [0.1, 0.15) is 0 Å². The van der Waals surface area contributed by atoms with Crippen molar-refractivity contribution in [3.8, 4) is 0 Å². The first kappa shape index (κ1) is 22.8. The molecule has 3 heterocycles. The van der Waals surface area contributed by atoms with Crippen LogP contribution in [0.2, 0.25) is 0 Å². The molecule has 0 radical (unpaired) electrons. The fourth-order valence-electron chi connectivity index (χ4n) is 4.90. The van der Waals surface area contributed by atoms with Crippen LogP contribution < -0.4 is 11.0 Å². The molecule has 0 spiro atoms. The van der Waals surface area contributed by atoms with Crippen molar-refractivity contribution < 1.29 is 9.59 Å². The number of imidazole rings is 1. The number of carbonyl (C=O) groups excluding carboxylic acids is 2. The molecular formula is C26H28N6O3. The van der Waals surface area contributed by atoms with Crippen LogP contribution in [-0.2, 0) is 16.0 Å². The maximum Gasteiger partial charge on any atom is 0.323 e. The van der Waals surface area contributed by atoms with Crippen LogP contribution in [0.5, 0.6) is 0 Å². The molecule has 5 rings (SSSR count). The lowest BCUT2D eigenvalue weighted by Crippen LogP contribution is -2.37. The third-order valence-corrected chi connectivity index (χ3v) is 6.52. The predicted octanol–water partition coefficient (Wildman–Crippen LogP) is 2.37. The smallest absolute Gasteiger partial charge is 0.323 e. The summed E-state index contributed by atoms with van der Waals surface area (Å²) in [5, 5.41) is 4.02. The van der Waals surface area contributed by atoms with E-state index in [1.165, 1.54) is 0 Å². The molecule has 0 bridgehead atoms. The number of pyridine rings is 1. The molecule has 1 saturated heterocycles. The quantitative estimate of drug-likeness (QED) is 0.413. The van der Waals surface area contributed by atoms with Gasteiger partial charge in [-0.15, -0.1) is 0 Å². The zero-order valence-corrected chi connectivity index (χ0v) is 19.6. The second-order valence-electron chi connectivity index (χ2n) is 9.15. The van der Waals surface area contributed by atoms with Crippen molar-refractivity contribution >= 4 is 39.4 Å². The van der Waals surface area contributed by atoms with Crippen LogP contribution in [0.1, 0.15) is 12.5 Å². The van der Waals surface area contributed by atoms with Crippen molar-refractivity contribution in [3.05, 3.63) is 70.8 Å². The summed E-state index contributed by atoms with van der Waals surface area (Å²) in [4.78, 5) is 50.5. The van der Waals surface area contributed by atoms with Gasteiger partial charge in [-0.3, -0.25) is 19.5 Å². The number of H-pyrrole nitrogens is 2. The van der Waals surface area contributed by atoms with Gasteiger partial charge in [-0.1, -0.05) is 24.3 Å². The third-order valence-electron chi connectivity index (χ3n) is 6.52. The molecular weight excluding hydrogens is 444 g/mol. The molecule has 1 atom stereocenters. The van der Waals surface area contributed by atoms with E-state index in [-0.39, 0.29) is 30.0 Å². The number of hydrogen-bond acceptors (Lipinski definition) is 5. The monoisotopic (exact) mass is 472 g/mol. The number of nitrogens with zero attached hydrogens (tertiary/aromatic N) is 3. The van der Waals surface area contributed by atoms with E-state index in [2.05, 4.69) is 43.4 Å². The van der Waals surface area contributed by atoms with E-state index < -0.39 is 0 Å². The Balaban J connectivity index is 1.30. The van der Waals surface area contributed by atoms with Gasteiger partial charge < -0.3 is 20.2 Å². The molecule has 9 nitrogen and oxygen atoms in total. The van der Waals surface area contributed by atoms with Crippen LogP contribution in [0.4, 0.5) is 5.69 Å². The first-order valence-electron chi connectivity index (χ1n) is 11.8. The molecule has 1 fully saturated rings. The van der Waals surface area contributed by atoms with E-state index in [9.17, 15) is 14.4 Å². The van der Waals surface area contributed by atoms with Gasteiger partial charge >= 0.3 is 5.69 Å². The molecule has 3 N–H and O–H groups in total. The van der Waals surface area contributed by atoms with Crippen LogP contribution in [0.25, 0.3) is 21.9 Å². The van der Waals surface area contributed by atoms with Gasteiger partial charge in [-0.2, -0.15) is 0 Å². The van der Waals surface area contributed by atoms with Crippen molar-refractivity contribution in [2.75, 3.05) is 38.0 Å². The lowest BCUT2D eigenvalue weighted by Gasteiger charge is -2.24. The average Bonchev–Trinajstić information content (AvgIpc) is 3.08. The van der Waals surface area contributed by atoms with Gasteiger partial charge in [0.05, 0.1) is 23.1 Å². The number of aromatic amines is 2. The number of nitrogens with one attached hydrogen (secondary N) is 3. The summed E-state index contributed by atoms with van der Waals surface area (Å²) in [6.07, 6.45) is 2.58. The van der Waals surface area contributed by atoms with Crippen molar-refractivity contribution in [2.24, 2.45) is 5.92 Å². The second kappa shape index (κ2) is 9.71. The number of benzene rings is 2. The van der Waals surface area contributed by atoms with E-state index in [1.54, 1.807) is 31.3 Å². The minimum absolute atomic E-state index is 0.0474. The van der Waals surface area contributed by atoms with Gasteiger partial charge in [0.25, 0.3) is 0 Å². The normalized spacial score (nSPS) is 16.9. The Hall–Kier alpha value is -3.98. The number of rotatable bonds is 5. The second-order valence-corrected chi connectivity index (χ2v) is 9.15. The van der Waals surface area contributed by atoms with Gasteiger partial charge in [-0.05, 0) is 42.2 Å². The highest BCUT2D eigenvalue weighted by Gasteiger charge is 2.26. The molecule has 35 heavy (non-hydrogen) atoms. The van der Waals surface area contributed by atoms with Crippen LogP contribution >= 0.6 is 0 Å². The molecule has 0 saturated carbocycles. The Bertz CT molecular complexity index is 1440. The molecule has 180 valence electrons. The van der Waals surface area contributed by atoms with E-state index in [0.717, 1.165) is 22.9 Å². The highest BCUT2D eigenvalue weighted by Crippen LogP contribution is 2.22. The number of aromatic nitrogens is 3. The van der Waals surface area contributed by atoms with E-state index >= 15 is 0 Å². The molecule has 2 aromatic carbocycles. The molecule has 0 aliphatic carbocycles. The van der Waals surface area contributed by atoms with Crippen LogP contribution in [0, 0.1) is 5.92 Å². The number of carbonyl (C=O) groups is 2. The summed E-state index contributed by atoms with van der Waals surface area (Å²) in [5.74, 6) is 0.0818. The van der Waals surface area contributed by atoms with E-state index in [0.29, 0.717) is 42.9 Å². The minimum atomic E-state index is -0.282. The number of hydrogen-bond donors (Lipinski definition) is 3. The number of fused-ring (bicyclic) bond motifs is 2. The Morgan fingerprint density at radius 2 is 1.89 bits per heavy atom. The molecule has 2 aromatic heterocycles. The lowest BCUT2D eigenvalue weighted by atomic mass is 9.96. The summed E-state index contributed by atoms with van der Waals surface area (Å²) in [6, 6.07) is 15.4. The van der Waals surface area contributed by atoms with Gasteiger partial charge in [-0.25, -0.2) is 4.79 Å². The Kier molecular flexibility index (Phi) is 6.33. The standard InChI is InChI=1S/C26H28N6O3/c1-17(33)32-11-10-31(16-24(34)28-21-7-8-22-23(13-21)30-26(35)29-22)14-18(15-32)12-20-5-2-4-19-6-3-9-27-25(19)20/h2-9,13,18H,10-12,14-16H2,1H3,(H,28,34)(H2,29,30,35)/t18-/m0/s1. The van der Waals surface area contributed by atoms with Crippen molar-refractivity contribution in [2.45, 2.75) is 13.3 Å². The SMILES string of the molecule is CC(=O)N1CCN(CC(=O)Nc2ccc3[nH]c(=O)[nH]c3c2)C[C@H](Cc2cccc3cccnc23)C1. The topological polar surface area (TPSA) is 114 Å². The first-order valence-corrected chi connectivity index (χ1v) is 11.8. The maximum absolute atomic E-state index is 12.9. The average molecular weight is 473 g/mol. The van der Waals surface area contributed by atoms with E-state index in [4.69, 9.17) is 0 Å². The number of amides is 2. The summed E-state index contributed by atoms with van der Waals surface area (Å²) in [5.41, 5.74) is 3.80. The Labute approximate surface area is 202 Å².